The smallest absolute Gasteiger partial charge is 0.130 e. The molecule has 2 unspecified atom stereocenters. The Kier molecular flexibility index (Phi) is 3.68. The van der Waals surface area contributed by atoms with Gasteiger partial charge in [0.25, 0.3) is 0 Å². The van der Waals surface area contributed by atoms with Gasteiger partial charge in [0.2, 0.25) is 0 Å². The van der Waals surface area contributed by atoms with Crippen LogP contribution in [0.1, 0.15) is 26.7 Å². The highest BCUT2D eigenvalue weighted by atomic mass is 19.1. The molecule has 1 heterocycles. The van der Waals surface area contributed by atoms with Gasteiger partial charge in [-0.05, 0) is 18.8 Å². The first-order valence-corrected chi connectivity index (χ1v) is 5.08. The molecule has 1 fully saturated rings. The van der Waals surface area contributed by atoms with Gasteiger partial charge < -0.3 is 10.5 Å². The largest absolute Gasteiger partial charge is 0.381 e. The third-order valence-corrected chi connectivity index (χ3v) is 3.11. The summed E-state index contributed by atoms with van der Waals surface area (Å²) in [7, 11) is 0. The molecule has 2 N–H and O–H groups in total. The van der Waals surface area contributed by atoms with Crippen molar-refractivity contribution < 1.29 is 9.13 Å². The lowest BCUT2D eigenvalue weighted by Crippen LogP contribution is -2.48. The molecule has 13 heavy (non-hydrogen) atoms. The zero-order chi connectivity index (χ0) is 9.90. The second kappa shape index (κ2) is 4.38. The summed E-state index contributed by atoms with van der Waals surface area (Å²) in [6, 6.07) is 0. The van der Waals surface area contributed by atoms with Gasteiger partial charge in [-0.15, -0.1) is 0 Å². The first-order chi connectivity index (χ1) is 6.11. The summed E-state index contributed by atoms with van der Waals surface area (Å²) in [4.78, 5) is 0. The third kappa shape index (κ3) is 2.20. The Bertz CT molecular complexity index is 157. The SMILES string of the molecule is CC(C)C(F)(CN)C1CCCOC1. The number of alkyl halides is 1. The van der Waals surface area contributed by atoms with E-state index in [2.05, 4.69) is 0 Å². The summed E-state index contributed by atoms with van der Waals surface area (Å²) in [5.74, 6) is -0.0320. The van der Waals surface area contributed by atoms with Crippen molar-refractivity contribution in [2.75, 3.05) is 19.8 Å². The van der Waals surface area contributed by atoms with Gasteiger partial charge >= 0.3 is 0 Å². The van der Waals surface area contributed by atoms with E-state index in [-0.39, 0.29) is 18.4 Å². The molecule has 0 saturated carbocycles. The number of ether oxygens (including phenoxy) is 1. The molecular formula is C10H20FNO. The first kappa shape index (κ1) is 10.9. The minimum Gasteiger partial charge on any atom is -0.381 e. The van der Waals surface area contributed by atoms with Crippen LogP contribution in [-0.4, -0.2) is 25.4 Å². The Morgan fingerprint density at radius 2 is 2.31 bits per heavy atom. The maximum absolute atomic E-state index is 14.3. The van der Waals surface area contributed by atoms with Gasteiger partial charge in [0.05, 0.1) is 6.61 Å². The minimum absolute atomic E-state index is 0.00810. The highest BCUT2D eigenvalue weighted by molar-refractivity contribution is 4.91. The van der Waals surface area contributed by atoms with Crippen LogP contribution in [0, 0.1) is 11.8 Å². The Morgan fingerprint density at radius 3 is 2.69 bits per heavy atom. The molecular weight excluding hydrogens is 169 g/mol. The van der Waals surface area contributed by atoms with Crippen molar-refractivity contribution in [2.45, 2.75) is 32.4 Å². The Balaban J connectivity index is 2.62. The standard InChI is InChI=1S/C10H20FNO/c1-8(2)10(11,7-12)9-4-3-5-13-6-9/h8-9H,3-7,12H2,1-2H3. The minimum atomic E-state index is -1.24. The molecule has 0 radical (unpaired) electrons. The average molecular weight is 189 g/mol. The predicted molar refractivity (Wildman–Crippen MR) is 51.3 cm³/mol. The van der Waals surface area contributed by atoms with Crippen LogP contribution in [0.25, 0.3) is 0 Å². The highest BCUT2D eigenvalue weighted by Gasteiger charge is 2.41. The van der Waals surface area contributed by atoms with Crippen molar-refractivity contribution in [1.82, 2.24) is 0 Å². The lowest BCUT2D eigenvalue weighted by atomic mass is 9.77. The maximum Gasteiger partial charge on any atom is 0.130 e. The summed E-state index contributed by atoms with van der Waals surface area (Å²) in [6.45, 7) is 5.20. The monoisotopic (exact) mass is 189 g/mol. The van der Waals surface area contributed by atoms with E-state index in [1.807, 2.05) is 13.8 Å². The Hall–Kier alpha value is -0.150. The Labute approximate surface area is 79.6 Å². The van der Waals surface area contributed by atoms with Crippen LogP contribution in [0.5, 0.6) is 0 Å². The van der Waals surface area contributed by atoms with Crippen molar-refractivity contribution in [3.63, 3.8) is 0 Å². The van der Waals surface area contributed by atoms with E-state index in [0.717, 1.165) is 19.4 Å². The second-order valence-electron chi connectivity index (χ2n) is 4.20. The van der Waals surface area contributed by atoms with E-state index >= 15 is 0 Å². The molecule has 1 aliphatic rings. The predicted octanol–water partition coefficient (Wildman–Crippen LogP) is 1.74. The van der Waals surface area contributed by atoms with Crippen LogP contribution in [0.4, 0.5) is 4.39 Å². The molecule has 0 spiro atoms. The van der Waals surface area contributed by atoms with Crippen LogP contribution in [-0.2, 0) is 4.74 Å². The molecule has 2 atom stereocenters. The van der Waals surface area contributed by atoms with Crippen LogP contribution in [0.2, 0.25) is 0 Å². The van der Waals surface area contributed by atoms with Crippen LogP contribution in [0.3, 0.4) is 0 Å². The van der Waals surface area contributed by atoms with Crippen LogP contribution < -0.4 is 5.73 Å². The van der Waals surface area contributed by atoms with Gasteiger partial charge in [-0.2, -0.15) is 0 Å². The highest BCUT2D eigenvalue weighted by Crippen LogP contribution is 2.34. The number of hydrogen-bond acceptors (Lipinski definition) is 2. The molecule has 1 saturated heterocycles. The van der Waals surface area contributed by atoms with E-state index < -0.39 is 5.67 Å². The van der Waals surface area contributed by atoms with Crippen molar-refractivity contribution in [3.8, 4) is 0 Å². The molecule has 0 bridgehead atoms. The second-order valence-corrected chi connectivity index (χ2v) is 4.20. The number of halogens is 1. The number of nitrogens with two attached hydrogens (primary N) is 1. The molecule has 0 aromatic rings. The van der Waals surface area contributed by atoms with Gasteiger partial charge in [-0.25, -0.2) is 4.39 Å². The van der Waals surface area contributed by atoms with Crippen molar-refractivity contribution in [2.24, 2.45) is 17.6 Å². The summed E-state index contributed by atoms with van der Waals surface area (Å²) in [5, 5.41) is 0. The fourth-order valence-corrected chi connectivity index (χ4v) is 1.99. The van der Waals surface area contributed by atoms with E-state index in [1.54, 1.807) is 0 Å². The molecule has 1 aliphatic heterocycles. The molecule has 78 valence electrons. The van der Waals surface area contributed by atoms with Crippen molar-refractivity contribution in [1.29, 1.82) is 0 Å². The number of rotatable bonds is 3. The Morgan fingerprint density at radius 1 is 1.62 bits per heavy atom. The molecule has 0 aliphatic carbocycles. The lowest BCUT2D eigenvalue weighted by molar-refractivity contribution is -0.0473. The van der Waals surface area contributed by atoms with E-state index in [9.17, 15) is 4.39 Å². The zero-order valence-corrected chi connectivity index (χ0v) is 8.55. The molecule has 0 aromatic heterocycles. The average Bonchev–Trinajstić information content (AvgIpc) is 2.17. The normalized spacial score (nSPS) is 28.8. The van der Waals surface area contributed by atoms with Gasteiger partial charge in [0.1, 0.15) is 5.67 Å². The van der Waals surface area contributed by atoms with Gasteiger partial charge in [0, 0.05) is 19.1 Å². The molecule has 2 nitrogen and oxygen atoms in total. The summed E-state index contributed by atoms with van der Waals surface area (Å²) in [5.41, 5.74) is 4.27. The fraction of sp³-hybridized carbons (Fsp3) is 1.00. The quantitative estimate of drug-likeness (QED) is 0.734. The van der Waals surface area contributed by atoms with E-state index in [0.29, 0.717) is 6.61 Å². The summed E-state index contributed by atoms with van der Waals surface area (Å²) < 4.78 is 19.6. The summed E-state index contributed by atoms with van der Waals surface area (Å²) in [6.07, 6.45) is 1.87. The third-order valence-electron chi connectivity index (χ3n) is 3.11. The van der Waals surface area contributed by atoms with E-state index in [4.69, 9.17) is 10.5 Å². The van der Waals surface area contributed by atoms with Gasteiger partial charge in [0.15, 0.2) is 0 Å². The zero-order valence-electron chi connectivity index (χ0n) is 8.55. The van der Waals surface area contributed by atoms with Crippen molar-refractivity contribution >= 4 is 0 Å². The molecule has 0 amide bonds. The topological polar surface area (TPSA) is 35.2 Å². The summed E-state index contributed by atoms with van der Waals surface area (Å²) >= 11 is 0. The van der Waals surface area contributed by atoms with Crippen molar-refractivity contribution in [3.05, 3.63) is 0 Å². The molecule has 0 aromatic carbocycles. The lowest BCUT2D eigenvalue weighted by Gasteiger charge is -2.38. The number of hydrogen-bond donors (Lipinski definition) is 1. The van der Waals surface area contributed by atoms with Gasteiger partial charge in [-0.1, -0.05) is 13.8 Å². The van der Waals surface area contributed by atoms with Crippen LogP contribution >= 0.6 is 0 Å². The van der Waals surface area contributed by atoms with Gasteiger partial charge in [-0.3, -0.25) is 0 Å². The fourth-order valence-electron chi connectivity index (χ4n) is 1.99. The molecule has 1 rings (SSSR count). The molecule has 3 heteroatoms. The van der Waals surface area contributed by atoms with Crippen LogP contribution in [0.15, 0.2) is 0 Å². The maximum atomic E-state index is 14.3. The first-order valence-electron chi connectivity index (χ1n) is 5.08. The van der Waals surface area contributed by atoms with E-state index in [1.165, 1.54) is 0 Å².